The van der Waals surface area contributed by atoms with Crippen molar-refractivity contribution in [1.29, 1.82) is 0 Å². The molecule has 0 aromatic heterocycles. The summed E-state index contributed by atoms with van der Waals surface area (Å²) in [5, 5.41) is 35.2. The normalized spacial score (nSPS) is 15.8. The van der Waals surface area contributed by atoms with Crippen molar-refractivity contribution in [3.63, 3.8) is 0 Å². The number of anilines is 3. The fourth-order valence-electron chi connectivity index (χ4n) is 5.07. The Morgan fingerprint density at radius 1 is 0.686 bits per heavy atom. The molecule has 0 amide bonds. The molecule has 0 radical (unpaired) electrons. The maximum atomic E-state index is 9.83. The van der Waals surface area contributed by atoms with Gasteiger partial charge in [0.1, 0.15) is 12.2 Å². The third kappa shape index (κ3) is 16.8. The van der Waals surface area contributed by atoms with E-state index in [0.29, 0.717) is 23.4 Å². The number of hydrogen-bond donors (Lipinski definition) is 7. The Hall–Kier alpha value is -3.25. The van der Waals surface area contributed by atoms with Crippen molar-refractivity contribution in [2.45, 2.75) is 110 Å². The topological polar surface area (TPSA) is 159 Å². The Morgan fingerprint density at radius 3 is 1.63 bits per heavy atom. The van der Waals surface area contributed by atoms with Crippen LogP contribution in [0.2, 0.25) is 0 Å². The molecule has 10 N–H and O–H groups in total. The molecule has 0 heterocycles. The molecule has 0 spiro atoms. The van der Waals surface area contributed by atoms with Gasteiger partial charge in [-0.2, -0.15) is 0 Å². The molecule has 3 saturated carbocycles. The summed E-state index contributed by atoms with van der Waals surface area (Å²) in [5.41, 5.74) is 25.8. The number of aliphatic hydroxyl groups is 4. The Labute approximate surface area is 320 Å². The summed E-state index contributed by atoms with van der Waals surface area (Å²) in [5.74, 6) is 9.54. The molecule has 3 atom stereocenters. The number of aryl methyl sites for hydroxylation is 4. The molecule has 3 aromatic carbocycles. The van der Waals surface area contributed by atoms with Crippen LogP contribution in [0.15, 0.2) is 54.6 Å². The summed E-state index contributed by atoms with van der Waals surface area (Å²) in [6.45, 7) is 6.39. The van der Waals surface area contributed by atoms with Gasteiger partial charge in [0.2, 0.25) is 0 Å². The van der Waals surface area contributed by atoms with Crippen LogP contribution in [0, 0.1) is 45.5 Å². The minimum Gasteiger partial charge on any atom is -0.400 e. The summed E-state index contributed by atoms with van der Waals surface area (Å²) >= 11 is 2.25. The Bertz CT molecular complexity index is 1580. The quantitative estimate of drug-likeness (QED) is 0.0702. The van der Waals surface area contributed by atoms with Crippen LogP contribution in [0.25, 0.3) is 0 Å². The van der Waals surface area contributed by atoms with Gasteiger partial charge in [-0.25, -0.2) is 0 Å². The number of terminal acetylenes is 1. The van der Waals surface area contributed by atoms with Gasteiger partial charge in [-0.1, -0.05) is 62.8 Å². The average molecular weight is 810 g/mol. The number of hydrogen-bond acceptors (Lipinski definition) is 7. The van der Waals surface area contributed by atoms with Crippen molar-refractivity contribution in [2.75, 3.05) is 24.3 Å². The van der Waals surface area contributed by atoms with E-state index in [1.807, 2.05) is 30.3 Å². The standard InChI is InChI=1S/C14H21NO.C14H17NO.C8H10IN.C6H8O.CH4O/c2*1-2-10-3-7-13(15)12(9-10)6-8-14(16)11-4-5-11;1-2-6-3-4-8(10)7(9)5-6;1-2-6(7)5-3-4-5;1-2/h3,7,9,11,14,16H,2,4-6,8,15H2,1H3;3,7,9,11,14,16H,2,4-5,15H2,1H3;3-5H,2,10H2,1H3;1,5-7H,3-4H2;2H,1H3/t2*14-;;6-;/m11.1./s1. The van der Waals surface area contributed by atoms with E-state index >= 15 is 0 Å². The van der Waals surface area contributed by atoms with E-state index in [1.165, 1.54) is 35.1 Å². The Morgan fingerprint density at radius 2 is 1.16 bits per heavy atom. The second kappa shape index (κ2) is 23.3. The van der Waals surface area contributed by atoms with E-state index in [9.17, 15) is 10.2 Å². The predicted octanol–water partition coefficient (Wildman–Crippen LogP) is 6.92. The molecule has 3 aliphatic carbocycles. The minimum absolute atomic E-state index is 0.121. The number of rotatable bonds is 9. The van der Waals surface area contributed by atoms with Crippen LogP contribution >= 0.6 is 22.6 Å². The zero-order chi connectivity index (χ0) is 37.9. The highest BCUT2D eigenvalue weighted by molar-refractivity contribution is 14.1. The third-order valence-corrected chi connectivity index (χ3v) is 10.1. The van der Waals surface area contributed by atoms with Gasteiger partial charge >= 0.3 is 0 Å². The first kappa shape index (κ1) is 43.9. The Balaban J connectivity index is 0.000000242. The van der Waals surface area contributed by atoms with Gasteiger partial charge in [-0.15, -0.1) is 6.42 Å². The molecular weight excluding hydrogens is 749 g/mol. The second-order valence-electron chi connectivity index (χ2n) is 13.3. The van der Waals surface area contributed by atoms with Crippen LogP contribution in [0.3, 0.4) is 0 Å². The second-order valence-corrected chi connectivity index (χ2v) is 14.5. The van der Waals surface area contributed by atoms with E-state index in [-0.39, 0.29) is 6.10 Å². The lowest BCUT2D eigenvalue weighted by Gasteiger charge is -2.11. The lowest BCUT2D eigenvalue weighted by molar-refractivity contribution is 0.142. The van der Waals surface area contributed by atoms with Crippen molar-refractivity contribution >= 4 is 39.7 Å². The van der Waals surface area contributed by atoms with Gasteiger partial charge < -0.3 is 37.6 Å². The number of aliphatic hydroxyl groups excluding tert-OH is 4. The zero-order valence-electron chi connectivity index (χ0n) is 30.9. The number of nitrogen functional groups attached to an aromatic ring is 3. The summed E-state index contributed by atoms with van der Waals surface area (Å²) in [7, 11) is 1.00. The van der Waals surface area contributed by atoms with Gasteiger partial charge in [0, 0.05) is 33.3 Å². The molecule has 3 aliphatic rings. The Kier molecular flexibility index (Phi) is 20.1. The molecular formula is C43H60IN3O4. The van der Waals surface area contributed by atoms with E-state index in [0.717, 1.165) is 85.4 Å². The fraction of sp³-hybridized carbons (Fsp3) is 0.488. The van der Waals surface area contributed by atoms with E-state index in [4.69, 9.17) is 33.8 Å². The molecule has 3 fully saturated rings. The van der Waals surface area contributed by atoms with Crippen molar-refractivity contribution in [1.82, 2.24) is 0 Å². The molecule has 0 bridgehead atoms. The van der Waals surface area contributed by atoms with Crippen molar-refractivity contribution in [3.8, 4) is 24.2 Å². The number of benzene rings is 3. The molecule has 6 rings (SSSR count). The molecule has 0 aliphatic heterocycles. The van der Waals surface area contributed by atoms with E-state index in [1.54, 1.807) is 0 Å². The molecule has 8 heteroatoms. The molecule has 0 unspecified atom stereocenters. The maximum absolute atomic E-state index is 9.83. The van der Waals surface area contributed by atoms with E-state index < -0.39 is 12.2 Å². The van der Waals surface area contributed by atoms with Crippen LogP contribution in [-0.2, 0) is 25.7 Å². The average Bonchev–Trinajstić information content (AvgIpc) is 3.99. The lowest BCUT2D eigenvalue weighted by Crippen LogP contribution is -2.11. The molecule has 7 nitrogen and oxygen atoms in total. The highest BCUT2D eigenvalue weighted by atomic mass is 127. The van der Waals surface area contributed by atoms with Crippen LogP contribution in [-0.4, -0.2) is 45.8 Å². The first-order valence-electron chi connectivity index (χ1n) is 18.3. The molecule has 278 valence electrons. The maximum Gasteiger partial charge on any atom is 0.117 e. The smallest absolute Gasteiger partial charge is 0.117 e. The molecule has 0 saturated heterocycles. The first-order valence-corrected chi connectivity index (χ1v) is 19.3. The van der Waals surface area contributed by atoms with Crippen LogP contribution in [0.5, 0.6) is 0 Å². The highest BCUT2D eigenvalue weighted by Crippen LogP contribution is 2.35. The highest BCUT2D eigenvalue weighted by Gasteiger charge is 2.29. The summed E-state index contributed by atoms with van der Waals surface area (Å²) < 4.78 is 1.15. The first-order chi connectivity index (χ1) is 24.5. The third-order valence-electron chi connectivity index (χ3n) is 9.15. The monoisotopic (exact) mass is 809 g/mol. The predicted molar refractivity (Wildman–Crippen MR) is 222 cm³/mol. The largest absolute Gasteiger partial charge is 0.400 e. The summed E-state index contributed by atoms with van der Waals surface area (Å²) in [6, 6.07) is 18.3. The summed E-state index contributed by atoms with van der Waals surface area (Å²) in [4.78, 5) is 0. The number of nitrogens with two attached hydrogens (primary N) is 3. The van der Waals surface area contributed by atoms with Gasteiger partial charge in [0.15, 0.2) is 0 Å². The van der Waals surface area contributed by atoms with Crippen LogP contribution < -0.4 is 17.2 Å². The van der Waals surface area contributed by atoms with Gasteiger partial charge in [0.25, 0.3) is 0 Å². The van der Waals surface area contributed by atoms with Gasteiger partial charge in [0.05, 0.1) is 6.10 Å². The van der Waals surface area contributed by atoms with Crippen molar-refractivity contribution < 1.29 is 20.4 Å². The SMILES string of the molecule is C#C[C@@H](O)C1CC1.CCc1ccc(N)c(C#C[C@@H](O)C2CC2)c1.CCc1ccc(N)c(CC[C@@H](O)C2CC2)c1.CCc1ccc(N)c(I)c1.CO. The fourth-order valence-corrected chi connectivity index (χ4v) is 5.65. The molecule has 51 heavy (non-hydrogen) atoms. The van der Waals surface area contributed by atoms with Crippen LogP contribution in [0.4, 0.5) is 17.1 Å². The minimum atomic E-state index is -0.482. The van der Waals surface area contributed by atoms with E-state index in [2.05, 4.69) is 85.4 Å². The molecule has 3 aromatic rings. The van der Waals surface area contributed by atoms with Crippen LogP contribution in [0.1, 0.15) is 93.5 Å². The van der Waals surface area contributed by atoms with Crippen molar-refractivity contribution in [2.24, 2.45) is 17.8 Å². The summed E-state index contributed by atoms with van der Waals surface area (Å²) in [6.07, 6.45) is 15.5. The lowest BCUT2D eigenvalue weighted by atomic mass is 10.00. The van der Waals surface area contributed by atoms with Gasteiger partial charge in [-0.3, -0.25) is 0 Å². The van der Waals surface area contributed by atoms with Gasteiger partial charge in [-0.05, 0) is 164 Å². The number of halogens is 1. The van der Waals surface area contributed by atoms with Crippen molar-refractivity contribution in [3.05, 3.63) is 86.0 Å². The zero-order valence-corrected chi connectivity index (χ0v) is 33.1.